The lowest BCUT2D eigenvalue weighted by molar-refractivity contribution is 0.601. The Morgan fingerprint density at radius 3 is 2.33 bits per heavy atom. The minimum absolute atomic E-state index is 0.203. The van der Waals surface area contributed by atoms with Crippen molar-refractivity contribution in [2.45, 2.75) is 4.90 Å². The smallest absolute Gasteiger partial charge is 0.261 e. The second kappa shape index (κ2) is 5.38. The van der Waals surface area contributed by atoms with Crippen LogP contribution >= 0.6 is 31.9 Å². The van der Waals surface area contributed by atoms with Gasteiger partial charge in [0.1, 0.15) is 0 Å². The number of aromatic nitrogens is 1. The third-order valence-electron chi connectivity index (χ3n) is 2.14. The number of nitrogens with zero attached hydrogens (tertiary/aromatic N) is 1. The first-order chi connectivity index (χ1) is 8.49. The van der Waals surface area contributed by atoms with Gasteiger partial charge < -0.3 is 0 Å². The van der Waals surface area contributed by atoms with E-state index in [4.69, 9.17) is 0 Å². The zero-order valence-corrected chi connectivity index (χ0v) is 13.0. The van der Waals surface area contributed by atoms with Crippen molar-refractivity contribution in [1.29, 1.82) is 0 Å². The molecular weight excluding hydrogens is 384 g/mol. The van der Waals surface area contributed by atoms with Crippen molar-refractivity contribution in [3.63, 3.8) is 0 Å². The number of sulfonamides is 1. The Bertz CT molecular complexity index is 657. The zero-order chi connectivity index (χ0) is 13.2. The first kappa shape index (κ1) is 13.5. The topological polar surface area (TPSA) is 59.1 Å². The van der Waals surface area contributed by atoms with Crippen molar-refractivity contribution in [3.8, 4) is 0 Å². The molecule has 0 fully saturated rings. The van der Waals surface area contributed by atoms with Gasteiger partial charge in [-0.3, -0.25) is 9.71 Å². The van der Waals surface area contributed by atoms with Crippen LogP contribution in [0.4, 0.5) is 5.69 Å². The average Bonchev–Trinajstić information content (AvgIpc) is 2.32. The quantitative estimate of drug-likeness (QED) is 0.872. The molecule has 0 unspecified atom stereocenters. The van der Waals surface area contributed by atoms with Crippen molar-refractivity contribution in [2.75, 3.05) is 4.72 Å². The molecule has 0 radical (unpaired) electrons. The van der Waals surface area contributed by atoms with E-state index in [2.05, 4.69) is 41.6 Å². The first-order valence-electron chi connectivity index (χ1n) is 4.87. The third kappa shape index (κ3) is 3.09. The molecule has 0 atom stereocenters. The van der Waals surface area contributed by atoms with Crippen LogP contribution in [0, 0.1) is 0 Å². The Balaban J connectivity index is 2.33. The summed E-state index contributed by atoms with van der Waals surface area (Å²) in [4.78, 5) is 4.07. The van der Waals surface area contributed by atoms with Crippen molar-refractivity contribution >= 4 is 47.6 Å². The molecule has 94 valence electrons. The molecule has 4 nitrogen and oxygen atoms in total. The molecule has 2 rings (SSSR count). The van der Waals surface area contributed by atoms with Crippen LogP contribution in [0.1, 0.15) is 0 Å². The summed E-state index contributed by atoms with van der Waals surface area (Å²) >= 11 is 6.50. The molecule has 1 N–H and O–H groups in total. The lowest BCUT2D eigenvalue weighted by atomic mass is 10.4. The highest BCUT2D eigenvalue weighted by atomic mass is 79.9. The Kier molecular flexibility index (Phi) is 4.04. The van der Waals surface area contributed by atoms with E-state index in [0.717, 1.165) is 4.47 Å². The summed E-state index contributed by atoms with van der Waals surface area (Å²) in [7, 11) is -3.58. The number of hydrogen-bond acceptors (Lipinski definition) is 3. The van der Waals surface area contributed by atoms with Crippen LogP contribution in [0.15, 0.2) is 56.6 Å². The van der Waals surface area contributed by atoms with Gasteiger partial charge in [0.25, 0.3) is 10.0 Å². The van der Waals surface area contributed by atoms with E-state index in [1.54, 1.807) is 18.2 Å². The highest BCUT2D eigenvalue weighted by molar-refractivity contribution is 9.10. The van der Waals surface area contributed by atoms with Crippen LogP contribution in [0.2, 0.25) is 0 Å². The van der Waals surface area contributed by atoms with Gasteiger partial charge in [-0.25, -0.2) is 8.42 Å². The fraction of sp³-hybridized carbons (Fsp3) is 0. The largest absolute Gasteiger partial charge is 0.278 e. The number of halogens is 2. The lowest BCUT2D eigenvalue weighted by Crippen LogP contribution is -2.13. The van der Waals surface area contributed by atoms with Gasteiger partial charge in [-0.05, 0) is 46.3 Å². The first-order valence-corrected chi connectivity index (χ1v) is 7.94. The highest BCUT2D eigenvalue weighted by Crippen LogP contribution is 2.24. The standard InChI is InChI=1S/C11H8Br2N2O2S/c12-8-1-3-9(4-2-8)18(16,17)15-11-5-6-14-7-10(11)13/h1-7H,(H,14,15). The number of anilines is 1. The van der Waals surface area contributed by atoms with Gasteiger partial charge in [0.15, 0.2) is 0 Å². The highest BCUT2D eigenvalue weighted by Gasteiger charge is 2.15. The molecule has 0 aliphatic rings. The molecule has 0 spiro atoms. The van der Waals surface area contributed by atoms with Gasteiger partial charge in [-0.1, -0.05) is 15.9 Å². The number of rotatable bonds is 3. The molecule has 0 aliphatic heterocycles. The van der Waals surface area contributed by atoms with Crippen LogP contribution in [-0.2, 0) is 10.0 Å². The summed E-state index contributed by atoms with van der Waals surface area (Å²) in [5.74, 6) is 0. The zero-order valence-electron chi connectivity index (χ0n) is 8.97. The summed E-state index contributed by atoms with van der Waals surface area (Å²) in [6, 6.07) is 8.00. The van der Waals surface area contributed by atoms with Gasteiger partial charge in [0.2, 0.25) is 0 Å². The van der Waals surface area contributed by atoms with Crippen molar-refractivity contribution in [1.82, 2.24) is 4.98 Å². The second-order valence-corrected chi connectivity index (χ2v) is 6.87. The minimum Gasteiger partial charge on any atom is -0.278 e. The van der Waals surface area contributed by atoms with E-state index >= 15 is 0 Å². The summed E-state index contributed by atoms with van der Waals surface area (Å²) in [5.41, 5.74) is 0.452. The van der Waals surface area contributed by atoms with Crippen LogP contribution < -0.4 is 4.72 Å². The van der Waals surface area contributed by atoms with Crippen molar-refractivity contribution in [2.24, 2.45) is 0 Å². The van der Waals surface area contributed by atoms with Gasteiger partial charge in [0.05, 0.1) is 15.1 Å². The molecule has 7 heteroatoms. The summed E-state index contributed by atoms with van der Waals surface area (Å²) in [6.07, 6.45) is 3.05. The molecule has 0 saturated carbocycles. The maximum absolute atomic E-state index is 12.1. The molecule has 0 aliphatic carbocycles. The van der Waals surface area contributed by atoms with Gasteiger partial charge in [-0.15, -0.1) is 0 Å². The monoisotopic (exact) mass is 390 g/mol. The van der Waals surface area contributed by atoms with Crippen molar-refractivity contribution in [3.05, 3.63) is 51.7 Å². The molecule has 1 heterocycles. The van der Waals surface area contributed by atoms with Crippen molar-refractivity contribution < 1.29 is 8.42 Å². The second-order valence-electron chi connectivity index (χ2n) is 3.41. The van der Waals surface area contributed by atoms with E-state index in [1.165, 1.54) is 24.5 Å². The Labute approximate surface area is 122 Å². The predicted octanol–water partition coefficient (Wildman–Crippen LogP) is 3.41. The van der Waals surface area contributed by atoms with Gasteiger partial charge in [0, 0.05) is 16.9 Å². The fourth-order valence-corrected chi connectivity index (χ4v) is 3.10. The van der Waals surface area contributed by atoms with E-state index in [1.807, 2.05) is 0 Å². The molecular formula is C11H8Br2N2O2S. The Morgan fingerprint density at radius 1 is 1.06 bits per heavy atom. The maximum Gasteiger partial charge on any atom is 0.261 e. The van der Waals surface area contributed by atoms with Crippen LogP contribution in [0.25, 0.3) is 0 Å². The van der Waals surface area contributed by atoms with E-state index < -0.39 is 10.0 Å². The van der Waals surface area contributed by atoms with Gasteiger partial charge >= 0.3 is 0 Å². The SMILES string of the molecule is O=S(=O)(Nc1ccncc1Br)c1ccc(Br)cc1. The Morgan fingerprint density at radius 2 is 1.72 bits per heavy atom. The lowest BCUT2D eigenvalue weighted by Gasteiger charge is -2.09. The number of nitrogens with one attached hydrogen (secondary N) is 1. The molecule has 0 saturated heterocycles. The fourth-order valence-electron chi connectivity index (χ4n) is 1.28. The molecule has 0 bridgehead atoms. The molecule has 0 amide bonds. The Hall–Kier alpha value is -0.920. The average molecular weight is 392 g/mol. The number of pyridine rings is 1. The predicted molar refractivity (Wildman–Crippen MR) is 76.9 cm³/mol. The molecule has 2 aromatic rings. The summed E-state index contributed by atoms with van der Waals surface area (Å²) in [5, 5.41) is 0. The summed E-state index contributed by atoms with van der Waals surface area (Å²) in [6.45, 7) is 0. The summed E-state index contributed by atoms with van der Waals surface area (Å²) < 4.78 is 28.1. The van der Waals surface area contributed by atoms with E-state index in [9.17, 15) is 8.42 Å². The van der Waals surface area contributed by atoms with Crippen LogP contribution in [-0.4, -0.2) is 13.4 Å². The minimum atomic E-state index is -3.58. The van der Waals surface area contributed by atoms with Crippen LogP contribution in [0.3, 0.4) is 0 Å². The maximum atomic E-state index is 12.1. The van der Waals surface area contributed by atoms with Crippen LogP contribution in [0.5, 0.6) is 0 Å². The normalized spacial score (nSPS) is 11.2. The third-order valence-corrected chi connectivity index (χ3v) is 4.68. The number of benzene rings is 1. The molecule has 1 aromatic carbocycles. The van der Waals surface area contributed by atoms with E-state index in [0.29, 0.717) is 10.2 Å². The molecule has 1 aromatic heterocycles. The number of hydrogen-bond donors (Lipinski definition) is 1. The van der Waals surface area contributed by atoms with Gasteiger partial charge in [-0.2, -0.15) is 0 Å². The van der Waals surface area contributed by atoms with E-state index in [-0.39, 0.29) is 4.90 Å². The molecule has 18 heavy (non-hydrogen) atoms.